The average molecular weight is 570 g/mol. The van der Waals surface area contributed by atoms with E-state index in [1.807, 2.05) is 58.0 Å². The lowest BCUT2D eigenvalue weighted by Gasteiger charge is -2.33. The van der Waals surface area contributed by atoms with Crippen LogP contribution in [0.2, 0.25) is 0 Å². The van der Waals surface area contributed by atoms with Crippen molar-refractivity contribution in [3.05, 3.63) is 65.7 Å². The van der Waals surface area contributed by atoms with Gasteiger partial charge in [-0.25, -0.2) is 8.42 Å². The molecule has 0 aliphatic heterocycles. The van der Waals surface area contributed by atoms with Gasteiger partial charge in [0.25, 0.3) is 0 Å². The van der Waals surface area contributed by atoms with Gasteiger partial charge in [0, 0.05) is 25.0 Å². The van der Waals surface area contributed by atoms with Gasteiger partial charge in [0.2, 0.25) is 21.8 Å². The van der Waals surface area contributed by atoms with Crippen LogP contribution in [0, 0.1) is 0 Å². The van der Waals surface area contributed by atoms with Crippen LogP contribution in [-0.4, -0.2) is 56.1 Å². The second-order valence-corrected chi connectivity index (χ2v) is 12.4. The lowest BCUT2D eigenvalue weighted by Crippen LogP contribution is -2.54. The molecule has 2 amide bonds. The number of rotatable bonds is 12. The Labute approximate surface area is 229 Å². The van der Waals surface area contributed by atoms with Gasteiger partial charge >= 0.3 is 6.18 Å². The summed E-state index contributed by atoms with van der Waals surface area (Å²) in [6, 6.07) is 12.9. The number of carbonyl (C=O) groups is 2. The van der Waals surface area contributed by atoms with Crippen molar-refractivity contribution >= 4 is 27.5 Å². The predicted octanol–water partition coefficient (Wildman–Crippen LogP) is 5.02. The topological polar surface area (TPSA) is 86.8 Å². The molecule has 11 heteroatoms. The molecule has 0 heterocycles. The van der Waals surface area contributed by atoms with E-state index in [0.717, 1.165) is 34.3 Å². The van der Waals surface area contributed by atoms with Crippen LogP contribution in [0.5, 0.6) is 0 Å². The number of alkyl halides is 3. The van der Waals surface area contributed by atoms with Gasteiger partial charge in [0.1, 0.15) is 6.04 Å². The van der Waals surface area contributed by atoms with Crippen LogP contribution in [0.3, 0.4) is 0 Å². The number of benzene rings is 2. The summed E-state index contributed by atoms with van der Waals surface area (Å²) in [7, 11) is -3.92. The number of hydrogen-bond donors (Lipinski definition) is 1. The summed E-state index contributed by atoms with van der Waals surface area (Å²) >= 11 is 0. The Morgan fingerprint density at radius 2 is 1.62 bits per heavy atom. The molecule has 0 bridgehead atoms. The number of hydrogen-bond acceptors (Lipinski definition) is 4. The lowest BCUT2D eigenvalue weighted by molar-refractivity contribution is -0.141. The first-order valence-corrected chi connectivity index (χ1v) is 14.7. The molecule has 0 aliphatic carbocycles. The zero-order chi connectivity index (χ0) is 29.4. The summed E-state index contributed by atoms with van der Waals surface area (Å²) in [5.74, 6) is -0.618. The van der Waals surface area contributed by atoms with Crippen LogP contribution >= 0.6 is 0 Å². The molecule has 39 heavy (non-hydrogen) atoms. The zero-order valence-electron chi connectivity index (χ0n) is 23.1. The first-order chi connectivity index (χ1) is 18.0. The summed E-state index contributed by atoms with van der Waals surface area (Å²) < 4.78 is 65.3. The molecule has 0 saturated carbocycles. The molecule has 0 fully saturated rings. The molecule has 0 radical (unpaired) electrons. The standard InChI is InChI=1S/C28H38F3N3O4S/c1-6-24(26(36)32-27(2,3)4)33(19-17-21-12-8-7-9-13-21)25(35)16-11-18-34(39(5,37)38)23-15-10-14-22(20-23)28(29,30)31/h7-10,12-15,20,24H,6,11,16-19H2,1-5H3,(H,32,36)/t24-/m1/s1. The first-order valence-electron chi connectivity index (χ1n) is 12.8. The Balaban J connectivity index is 2.22. The highest BCUT2D eigenvalue weighted by Crippen LogP contribution is 2.32. The number of carbonyl (C=O) groups excluding carboxylic acids is 2. The molecule has 7 nitrogen and oxygen atoms in total. The third-order valence-corrected chi connectivity index (χ3v) is 7.18. The van der Waals surface area contributed by atoms with Crippen LogP contribution < -0.4 is 9.62 Å². The molecule has 0 aromatic heterocycles. The van der Waals surface area contributed by atoms with E-state index >= 15 is 0 Å². The van der Waals surface area contributed by atoms with E-state index in [0.29, 0.717) is 12.8 Å². The van der Waals surface area contributed by atoms with E-state index in [4.69, 9.17) is 0 Å². The van der Waals surface area contributed by atoms with Gasteiger partial charge in [-0.3, -0.25) is 13.9 Å². The van der Waals surface area contributed by atoms with Crippen molar-refractivity contribution in [2.75, 3.05) is 23.7 Å². The van der Waals surface area contributed by atoms with Crippen LogP contribution in [-0.2, 0) is 32.2 Å². The Morgan fingerprint density at radius 1 is 0.974 bits per heavy atom. The molecule has 1 atom stereocenters. The molecular formula is C28H38F3N3O4S. The zero-order valence-corrected chi connectivity index (χ0v) is 23.9. The summed E-state index contributed by atoms with van der Waals surface area (Å²) in [6.45, 7) is 7.45. The molecule has 1 N–H and O–H groups in total. The van der Waals surface area contributed by atoms with Crippen LogP contribution in [0.25, 0.3) is 0 Å². The van der Waals surface area contributed by atoms with Crippen LogP contribution in [0.4, 0.5) is 18.9 Å². The van der Waals surface area contributed by atoms with Crippen molar-refractivity contribution in [3.8, 4) is 0 Å². The molecule has 0 unspecified atom stereocenters. The fraction of sp³-hybridized carbons (Fsp3) is 0.500. The van der Waals surface area contributed by atoms with Crippen LogP contribution in [0.15, 0.2) is 54.6 Å². The highest BCUT2D eigenvalue weighted by Gasteiger charge is 2.32. The van der Waals surface area contributed by atoms with Crippen molar-refractivity contribution in [1.82, 2.24) is 10.2 Å². The number of anilines is 1. The molecule has 0 spiro atoms. The highest BCUT2D eigenvalue weighted by molar-refractivity contribution is 7.92. The largest absolute Gasteiger partial charge is 0.416 e. The van der Waals surface area contributed by atoms with Crippen molar-refractivity contribution in [1.29, 1.82) is 0 Å². The van der Waals surface area contributed by atoms with E-state index < -0.39 is 33.3 Å². The maximum Gasteiger partial charge on any atom is 0.416 e. The van der Waals surface area contributed by atoms with Crippen molar-refractivity contribution < 1.29 is 31.2 Å². The summed E-state index contributed by atoms with van der Waals surface area (Å²) in [5.41, 5.74) is -0.599. The fourth-order valence-electron chi connectivity index (χ4n) is 4.19. The third kappa shape index (κ3) is 10.2. The van der Waals surface area contributed by atoms with Gasteiger partial charge in [-0.05, 0) is 63.8 Å². The predicted molar refractivity (Wildman–Crippen MR) is 147 cm³/mol. The smallest absolute Gasteiger partial charge is 0.350 e. The molecule has 2 rings (SSSR count). The maximum atomic E-state index is 13.4. The molecule has 0 aliphatic rings. The Kier molecular flexibility index (Phi) is 11.0. The second-order valence-electron chi connectivity index (χ2n) is 10.5. The summed E-state index contributed by atoms with van der Waals surface area (Å²) in [4.78, 5) is 28.0. The monoisotopic (exact) mass is 569 g/mol. The number of halogens is 3. The molecule has 0 saturated heterocycles. The molecule has 216 valence electrons. The van der Waals surface area contributed by atoms with Gasteiger partial charge in [-0.15, -0.1) is 0 Å². The third-order valence-electron chi connectivity index (χ3n) is 5.98. The Morgan fingerprint density at radius 3 is 2.15 bits per heavy atom. The summed E-state index contributed by atoms with van der Waals surface area (Å²) in [6.07, 6.45) is -2.85. The van der Waals surface area contributed by atoms with Crippen molar-refractivity contribution in [2.24, 2.45) is 0 Å². The minimum Gasteiger partial charge on any atom is -0.350 e. The maximum absolute atomic E-state index is 13.4. The summed E-state index contributed by atoms with van der Waals surface area (Å²) in [5, 5.41) is 2.92. The van der Waals surface area contributed by atoms with Crippen LogP contribution in [0.1, 0.15) is 58.1 Å². The van der Waals surface area contributed by atoms with Crippen molar-refractivity contribution in [2.45, 2.75) is 71.1 Å². The lowest BCUT2D eigenvalue weighted by atomic mass is 10.0. The molecule has 2 aromatic carbocycles. The highest BCUT2D eigenvalue weighted by atomic mass is 32.2. The van der Waals surface area contributed by atoms with E-state index in [1.54, 1.807) is 0 Å². The normalized spacial score (nSPS) is 13.0. The number of nitrogens with one attached hydrogen (secondary N) is 1. The Hall–Kier alpha value is -3.08. The van der Waals surface area contributed by atoms with Gasteiger partial charge in [-0.1, -0.05) is 43.3 Å². The number of nitrogens with zero attached hydrogens (tertiary/aromatic N) is 2. The SMILES string of the molecule is CC[C@H](C(=O)NC(C)(C)C)N(CCc1ccccc1)C(=O)CCCN(c1cccc(C(F)(F)F)c1)S(C)(=O)=O. The minimum absolute atomic E-state index is 0.0569. The minimum atomic E-state index is -4.63. The van der Waals surface area contributed by atoms with Gasteiger partial charge < -0.3 is 10.2 Å². The van der Waals surface area contributed by atoms with Crippen molar-refractivity contribution in [3.63, 3.8) is 0 Å². The van der Waals surface area contributed by atoms with E-state index in [1.165, 1.54) is 11.0 Å². The Bertz CT molecular complexity index is 1210. The first kappa shape index (κ1) is 32.1. The van der Waals surface area contributed by atoms with E-state index in [2.05, 4.69) is 5.32 Å². The average Bonchev–Trinajstić information content (AvgIpc) is 2.82. The fourth-order valence-corrected chi connectivity index (χ4v) is 5.15. The van der Waals surface area contributed by atoms with Gasteiger partial charge in [-0.2, -0.15) is 13.2 Å². The number of amides is 2. The quantitative estimate of drug-likeness (QED) is 0.389. The van der Waals surface area contributed by atoms with E-state index in [9.17, 15) is 31.2 Å². The number of sulfonamides is 1. The van der Waals surface area contributed by atoms with E-state index in [-0.39, 0.29) is 43.4 Å². The van der Waals surface area contributed by atoms with Gasteiger partial charge in [0.15, 0.2) is 0 Å². The molecular weight excluding hydrogens is 531 g/mol. The second kappa shape index (κ2) is 13.3. The van der Waals surface area contributed by atoms with Gasteiger partial charge in [0.05, 0.1) is 17.5 Å². The molecule has 2 aromatic rings.